The molecule has 2 aliphatic rings. The van der Waals surface area contributed by atoms with Gasteiger partial charge in [-0.25, -0.2) is 22.4 Å². The smallest absolute Gasteiger partial charge is 0.410 e. The Morgan fingerprint density at radius 1 is 1.04 bits per heavy atom. The van der Waals surface area contributed by atoms with E-state index in [0.29, 0.717) is 53.6 Å². The summed E-state index contributed by atoms with van der Waals surface area (Å²) in [7, 11) is 1.67. The fourth-order valence-electron chi connectivity index (χ4n) is 6.06. The van der Waals surface area contributed by atoms with E-state index in [1.807, 2.05) is 26.0 Å². The summed E-state index contributed by atoms with van der Waals surface area (Å²) < 4.78 is 46.7. The molecule has 11 nitrogen and oxygen atoms in total. The van der Waals surface area contributed by atoms with Gasteiger partial charge in [0.1, 0.15) is 11.5 Å². The summed E-state index contributed by atoms with van der Waals surface area (Å²) in [4.78, 5) is 31.1. The fraction of sp³-hybridized carbons (Fsp3) is 0.394. The van der Waals surface area contributed by atoms with Crippen LogP contribution in [0.2, 0.25) is 5.02 Å². The Morgan fingerprint density at radius 3 is 2.39 bits per heavy atom. The molecule has 13 heteroatoms. The van der Waals surface area contributed by atoms with Crippen LogP contribution in [0, 0.1) is 0 Å². The van der Waals surface area contributed by atoms with E-state index in [-0.39, 0.29) is 16.6 Å². The molecule has 2 atom stereocenters. The van der Waals surface area contributed by atoms with E-state index < -0.39 is 33.8 Å². The fourth-order valence-corrected chi connectivity index (χ4v) is 7.69. The number of anilines is 1. The van der Waals surface area contributed by atoms with Gasteiger partial charge in [-0.05, 0) is 66.9 Å². The second-order valence-corrected chi connectivity index (χ2v) is 14.0. The van der Waals surface area contributed by atoms with Crippen molar-refractivity contribution in [3.05, 3.63) is 82.4 Å². The molecular formula is C33H39ClN4O7S. The molecule has 3 aromatic rings. The van der Waals surface area contributed by atoms with Gasteiger partial charge < -0.3 is 24.4 Å². The van der Waals surface area contributed by atoms with E-state index in [2.05, 4.69) is 5.32 Å². The minimum Gasteiger partial charge on any atom is -0.497 e. The topological polar surface area (TPSA) is 118 Å². The number of nitrogens with zero attached hydrogens (tertiary/aromatic N) is 3. The van der Waals surface area contributed by atoms with Crippen LogP contribution in [0.5, 0.6) is 11.5 Å². The number of carbonyl (C=O) groups is 2. The molecule has 1 unspecified atom stereocenters. The first-order valence-corrected chi connectivity index (χ1v) is 16.8. The Kier molecular flexibility index (Phi) is 9.55. The highest BCUT2D eigenvalue weighted by Gasteiger charge is 2.63. The molecule has 2 heterocycles. The average molecular weight is 671 g/mol. The number of fused-ring (bicyclic) bond motifs is 1. The summed E-state index contributed by atoms with van der Waals surface area (Å²) in [6.07, 6.45) is -0.441. The van der Waals surface area contributed by atoms with Crippen LogP contribution in [0.15, 0.2) is 65.6 Å². The largest absolute Gasteiger partial charge is 0.497 e. The summed E-state index contributed by atoms with van der Waals surface area (Å²) in [6.45, 7) is 4.94. The molecule has 2 amide bonds. The van der Waals surface area contributed by atoms with Crippen molar-refractivity contribution in [1.29, 1.82) is 0 Å². The number of sulfonamides is 1. The van der Waals surface area contributed by atoms with E-state index in [0.717, 1.165) is 9.87 Å². The second kappa shape index (κ2) is 13.1. The number of likely N-dealkylation sites (tertiary alicyclic amines) is 1. The predicted molar refractivity (Wildman–Crippen MR) is 175 cm³/mol. The number of hydrogen-bond donors (Lipinski definition) is 1. The molecule has 1 N–H and O–H groups in total. The van der Waals surface area contributed by atoms with Crippen molar-refractivity contribution in [2.45, 2.75) is 55.9 Å². The van der Waals surface area contributed by atoms with Crippen LogP contribution in [-0.2, 0) is 31.6 Å². The zero-order chi connectivity index (χ0) is 33.4. The molecular weight excluding hydrogens is 632 g/mol. The lowest BCUT2D eigenvalue weighted by atomic mass is 9.81. The van der Waals surface area contributed by atoms with Crippen molar-refractivity contribution in [3.8, 4) is 11.5 Å². The summed E-state index contributed by atoms with van der Waals surface area (Å²) in [5.74, 6) is 0.0722. The normalized spacial score (nSPS) is 19.8. The van der Waals surface area contributed by atoms with Gasteiger partial charge in [0, 0.05) is 49.4 Å². The van der Waals surface area contributed by atoms with Crippen LogP contribution < -0.4 is 19.1 Å². The molecule has 3 aromatic carbocycles. The maximum Gasteiger partial charge on any atom is 0.410 e. The number of ether oxygens (including phenoxy) is 3. The number of carbonyl (C=O) groups excluding carboxylic acids is 2. The molecule has 0 aliphatic carbocycles. The monoisotopic (exact) mass is 670 g/mol. The van der Waals surface area contributed by atoms with E-state index in [1.54, 1.807) is 37.2 Å². The van der Waals surface area contributed by atoms with Crippen LogP contribution in [0.3, 0.4) is 0 Å². The number of benzene rings is 3. The molecule has 0 bridgehead atoms. The van der Waals surface area contributed by atoms with E-state index in [9.17, 15) is 13.2 Å². The molecule has 46 heavy (non-hydrogen) atoms. The standard InChI is InChI=1S/C33H39ClN4O7S/c1-21(2)35-20-22-9-15-26(29(18-22)44-6)33(37-17-7-8-30(37)45-32(40)36(3)4)27-19-23(34)10-16-28(27)38(31(33)39)46(41,42)25-13-11-24(43-5)12-14-25/h9-16,18-19,21,30,35H,7-8,17,20H2,1-6H3/t30-,33?/m0/s1. The van der Waals surface area contributed by atoms with Crippen LogP contribution in [0.1, 0.15) is 43.4 Å². The summed E-state index contributed by atoms with van der Waals surface area (Å²) in [6, 6.07) is 16.2. The number of nitrogens with one attached hydrogen (secondary N) is 1. The highest BCUT2D eigenvalue weighted by molar-refractivity contribution is 7.93. The molecule has 0 radical (unpaired) electrons. The molecule has 0 spiro atoms. The number of rotatable bonds is 10. The second-order valence-electron chi connectivity index (χ2n) is 11.8. The molecule has 1 fully saturated rings. The van der Waals surface area contributed by atoms with Crippen molar-refractivity contribution < 1.29 is 32.2 Å². The summed E-state index contributed by atoms with van der Waals surface area (Å²) in [5, 5.41) is 3.69. The SMILES string of the molecule is COc1ccc(S(=O)(=O)N2C(=O)C(c3ccc(CNC(C)C)cc3OC)(N3CCC[C@@H]3OC(=O)N(C)C)c3cc(Cl)ccc32)cc1. The number of hydrogen-bond acceptors (Lipinski definition) is 9. The van der Waals surface area contributed by atoms with Crippen molar-refractivity contribution in [1.82, 2.24) is 15.1 Å². The number of amides is 2. The van der Waals surface area contributed by atoms with Crippen molar-refractivity contribution in [3.63, 3.8) is 0 Å². The minimum atomic E-state index is -4.46. The van der Waals surface area contributed by atoms with Gasteiger partial charge in [-0.1, -0.05) is 37.6 Å². The number of methoxy groups -OCH3 is 2. The molecule has 0 saturated carbocycles. The van der Waals surface area contributed by atoms with Crippen LogP contribution in [-0.4, -0.2) is 77.3 Å². The third-order valence-electron chi connectivity index (χ3n) is 8.26. The van der Waals surface area contributed by atoms with Gasteiger partial charge in [-0.15, -0.1) is 0 Å². The Morgan fingerprint density at radius 2 is 1.76 bits per heavy atom. The quantitative estimate of drug-likeness (QED) is 0.320. The highest BCUT2D eigenvalue weighted by atomic mass is 35.5. The minimum absolute atomic E-state index is 0.0996. The zero-order valence-corrected chi connectivity index (χ0v) is 28.3. The lowest BCUT2D eigenvalue weighted by Crippen LogP contribution is -2.57. The van der Waals surface area contributed by atoms with Gasteiger partial charge in [0.15, 0.2) is 11.8 Å². The Hall–Kier alpha value is -3.84. The van der Waals surface area contributed by atoms with Crippen molar-refractivity contribution in [2.75, 3.05) is 39.2 Å². The lowest BCUT2D eigenvalue weighted by molar-refractivity contribution is -0.132. The Labute approximate surface area is 275 Å². The van der Waals surface area contributed by atoms with Crippen LogP contribution >= 0.6 is 11.6 Å². The van der Waals surface area contributed by atoms with Gasteiger partial charge in [0.2, 0.25) is 0 Å². The zero-order valence-electron chi connectivity index (χ0n) is 26.7. The lowest BCUT2D eigenvalue weighted by Gasteiger charge is -2.41. The molecule has 1 saturated heterocycles. The average Bonchev–Trinajstić information content (AvgIpc) is 3.59. The first kappa shape index (κ1) is 33.5. The molecule has 0 aromatic heterocycles. The predicted octanol–water partition coefficient (Wildman–Crippen LogP) is 4.95. The van der Waals surface area contributed by atoms with Gasteiger partial charge in [-0.3, -0.25) is 4.79 Å². The number of halogens is 1. The van der Waals surface area contributed by atoms with E-state index in [4.69, 9.17) is 25.8 Å². The van der Waals surface area contributed by atoms with Crippen molar-refractivity contribution in [2.24, 2.45) is 0 Å². The first-order valence-electron chi connectivity index (χ1n) is 15.0. The Balaban J connectivity index is 1.78. The molecule has 5 rings (SSSR count). The third-order valence-corrected chi connectivity index (χ3v) is 10.2. The van der Waals surface area contributed by atoms with Crippen LogP contribution in [0.25, 0.3) is 0 Å². The van der Waals surface area contributed by atoms with Crippen molar-refractivity contribution >= 4 is 39.3 Å². The first-order chi connectivity index (χ1) is 21.9. The molecule has 2 aliphatic heterocycles. The van der Waals surface area contributed by atoms with Gasteiger partial charge in [-0.2, -0.15) is 0 Å². The highest BCUT2D eigenvalue weighted by Crippen LogP contribution is 2.55. The maximum absolute atomic E-state index is 15.3. The summed E-state index contributed by atoms with van der Waals surface area (Å²) in [5.41, 5.74) is -0.00952. The molecule has 246 valence electrons. The summed E-state index contributed by atoms with van der Waals surface area (Å²) >= 11 is 6.59. The van der Waals surface area contributed by atoms with Gasteiger partial charge >= 0.3 is 6.09 Å². The van der Waals surface area contributed by atoms with Gasteiger partial charge in [0.25, 0.3) is 15.9 Å². The third kappa shape index (κ3) is 5.79. The van der Waals surface area contributed by atoms with E-state index in [1.165, 1.54) is 49.5 Å². The van der Waals surface area contributed by atoms with Gasteiger partial charge in [0.05, 0.1) is 24.8 Å². The Bertz CT molecular complexity index is 1730. The van der Waals surface area contributed by atoms with E-state index >= 15 is 4.79 Å². The van der Waals surface area contributed by atoms with Crippen LogP contribution in [0.4, 0.5) is 10.5 Å². The maximum atomic E-state index is 15.3.